The van der Waals surface area contributed by atoms with E-state index in [2.05, 4.69) is 11.1 Å². The first-order valence-electron chi connectivity index (χ1n) is 6.56. The number of nitrogens with zero attached hydrogens (tertiary/aromatic N) is 3. The lowest BCUT2D eigenvalue weighted by Crippen LogP contribution is -1.99. The van der Waals surface area contributed by atoms with Crippen LogP contribution in [0.25, 0.3) is 33.2 Å². The second-order valence-corrected chi connectivity index (χ2v) is 5.10. The molecule has 2 aromatic rings. The van der Waals surface area contributed by atoms with Gasteiger partial charge in [0.1, 0.15) is 11.6 Å². The van der Waals surface area contributed by atoms with Gasteiger partial charge in [-0.05, 0) is 42.5 Å². The summed E-state index contributed by atoms with van der Waals surface area (Å²) in [6.45, 7) is 0. The second kappa shape index (κ2) is 4.03. The lowest BCUT2D eigenvalue weighted by atomic mass is 10.1. The van der Waals surface area contributed by atoms with Crippen LogP contribution in [0.15, 0.2) is 42.5 Å². The van der Waals surface area contributed by atoms with Crippen LogP contribution < -0.4 is 0 Å². The van der Waals surface area contributed by atoms with Crippen molar-refractivity contribution in [2.45, 2.75) is 0 Å². The van der Waals surface area contributed by atoms with Crippen LogP contribution in [0.4, 0.5) is 4.39 Å². The third-order valence-electron chi connectivity index (χ3n) is 3.85. The molecular weight excluding hydrogens is 265 g/mol. The summed E-state index contributed by atoms with van der Waals surface area (Å²) in [5.74, 6) is 0.572. The Morgan fingerprint density at radius 2 is 2.00 bits per heavy atom. The van der Waals surface area contributed by atoms with Gasteiger partial charge in [-0.15, -0.1) is 0 Å². The Morgan fingerprint density at radius 1 is 1.14 bits per heavy atom. The molecule has 0 radical (unpaired) electrons. The van der Waals surface area contributed by atoms with Gasteiger partial charge >= 0.3 is 0 Å². The minimum Gasteiger partial charge on any atom is -0.328 e. The standard InChI is InChI=1S/C17H10FN3/c1-21-16-5-3-12(18)7-11(16)8-14-13-6-10(9-19)2-4-15(13)20-17(14)21/h2-8H,1H3. The molecule has 3 nitrogen and oxygen atoms in total. The summed E-state index contributed by atoms with van der Waals surface area (Å²) < 4.78 is 15.4. The van der Waals surface area contributed by atoms with Crippen LogP contribution in [0.2, 0.25) is 0 Å². The first-order valence-corrected chi connectivity index (χ1v) is 6.56. The summed E-state index contributed by atoms with van der Waals surface area (Å²) in [5.41, 5.74) is 3.30. The van der Waals surface area contributed by atoms with Crippen LogP contribution in [0, 0.1) is 17.1 Å². The molecule has 0 fully saturated rings. The lowest BCUT2D eigenvalue weighted by Gasteiger charge is -2.11. The number of aromatic nitrogens is 2. The van der Waals surface area contributed by atoms with Gasteiger partial charge in [0.15, 0.2) is 0 Å². The Kier molecular flexibility index (Phi) is 2.28. The molecule has 2 heterocycles. The Bertz CT molecular complexity index is 1020. The molecule has 0 unspecified atom stereocenters. The molecule has 0 aromatic heterocycles. The number of aryl methyl sites for hydroxylation is 1. The summed E-state index contributed by atoms with van der Waals surface area (Å²) in [6.07, 6.45) is 0. The third-order valence-corrected chi connectivity index (χ3v) is 3.85. The highest BCUT2D eigenvalue weighted by molar-refractivity contribution is 6.01. The molecule has 4 rings (SSSR count). The molecule has 0 bridgehead atoms. The first-order chi connectivity index (χ1) is 10.2. The molecule has 2 aliphatic rings. The Morgan fingerprint density at radius 3 is 2.81 bits per heavy atom. The van der Waals surface area contributed by atoms with Gasteiger partial charge in [0.2, 0.25) is 0 Å². The van der Waals surface area contributed by atoms with E-state index in [9.17, 15) is 4.39 Å². The fourth-order valence-electron chi connectivity index (χ4n) is 2.83. The van der Waals surface area contributed by atoms with E-state index in [0.717, 1.165) is 33.2 Å². The van der Waals surface area contributed by atoms with Crippen LogP contribution in [-0.2, 0) is 7.05 Å². The summed E-state index contributed by atoms with van der Waals surface area (Å²) in [4.78, 5) is 4.62. The van der Waals surface area contributed by atoms with Crippen molar-refractivity contribution in [3.8, 4) is 17.5 Å². The molecule has 0 N–H and O–H groups in total. The van der Waals surface area contributed by atoms with E-state index in [1.165, 1.54) is 12.1 Å². The van der Waals surface area contributed by atoms with E-state index in [0.29, 0.717) is 5.56 Å². The van der Waals surface area contributed by atoms with E-state index in [1.807, 2.05) is 29.8 Å². The molecule has 0 saturated carbocycles. The van der Waals surface area contributed by atoms with Crippen LogP contribution in [0.3, 0.4) is 0 Å². The molecule has 4 heteroatoms. The highest BCUT2D eigenvalue weighted by Crippen LogP contribution is 2.34. The SMILES string of the molecule is Cn1c2nc3ccc(C#N)cc3c-2cc2cc(F)ccc21. The maximum Gasteiger partial charge on any atom is 0.141 e. The van der Waals surface area contributed by atoms with Gasteiger partial charge in [0, 0.05) is 28.9 Å². The maximum atomic E-state index is 13.5. The monoisotopic (exact) mass is 275 g/mol. The van der Waals surface area contributed by atoms with Crippen molar-refractivity contribution in [3.05, 3.63) is 53.8 Å². The van der Waals surface area contributed by atoms with Crippen molar-refractivity contribution < 1.29 is 4.39 Å². The van der Waals surface area contributed by atoms with Gasteiger partial charge in [-0.1, -0.05) is 0 Å². The lowest BCUT2D eigenvalue weighted by molar-refractivity contribution is 0.629. The van der Waals surface area contributed by atoms with Crippen LogP contribution in [0.5, 0.6) is 0 Å². The average molecular weight is 275 g/mol. The summed E-state index contributed by atoms with van der Waals surface area (Å²) in [5, 5.41) is 10.8. The zero-order chi connectivity index (χ0) is 14.6. The van der Waals surface area contributed by atoms with E-state index in [1.54, 1.807) is 12.1 Å². The van der Waals surface area contributed by atoms with E-state index >= 15 is 0 Å². The number of hydrogen-bond donors (Lipinski definition) is 0. The molecule has 0 spiro atoms. The van der Waals surface area contributed by atoms with Gasteiger partial charge in [-0.3, -0.25) is 0 Å². The van der Waals surface area contributed by atoms with Crippen LogP contribution >= 0.6 is 0 Å². The van der Waals surface area contributed by atoms with Crippen molar-refractivity contribution in [2.75, 3.05) is 0 Å². The highest BCUT2D eigenvalue weighted by atomic mass is 19.1. The minimum atomic E-state index is -0.261. The highest BCUT2D eigenvalue weighted by Gasteiger charge is 2.16. The number of pyridine rings is 1. The van der Waals surface area contributed by atoms with Crippen molar-refractivity contribution >= 4 is 21.8 Å². The van der Waals surface area contributed by atoms with Gasteiger partial charge in [0.05, 0.1) is 17.1 Å². The first kappa shape index (κ1) is 11.9. The average Bonchev–Trinajstić information content (AvgIpc) is 2.85. The zero-order valence-corrected chi connectivity index (χ0v) is 11.3. The normalized spacial score (nSPS) is 11.3. The Balaban J connectivity index is 2.21. The van der Waals surface area contributed by atoms with E-state index < -0.39 is 0 Å². The minimum absolute atomic E-state index is 0.261. The zero-order valence-electron chi connectivity index (χ0n) is 11.3. The molecule has 0 atom stereocenters. The molecule has 0 aliphatic carbocycles. The molecule has 0 amide bonds. The summed E-state index contributed by atoms with van der Waals surface area (Å²) >= 11 is 0. The molecule has 2 aliphatic heterocycles. The number of benzene rings is 2. The fraction of sp³-hybridized carbons (Fsp3) is 0.0588. The molecule has 21 heavy (non-hydrogen) atoms. The van der Waals surface area contributed by atoms with Gasteiger partial charge in [-0.25, -0.2) is 9.37 Å². The van der Waals surface area contributed by atoms with Crippen molar-refractivity contribution in [1.29, 1.82) is 5.26 Å². The number of halogens is 1. The van der Waals surface area contributed by atoms with Gasteiger partial charge in [0.25, 0.3) is 0 Å². The summed E-state index contributed by atoms with van der Waals surface area (Å²) in [7, 11) is 1.92. The largest absolute Gasteiger partial charge is 0.328 e. The Labute approximate surface area is 120 Å². The van der Waals surface area contributed by atoms with E-state index in [-0.39, 0.29) is 5.82 Å². The van der Waals surface area contributed by atoms with Crippen LogP contribution in [-0.4, -0.2) is 9.55 Å². The van der Waals surface area contributed by atoms with Gasteiger partial charge < -0.3 is 4.57 Å². The topological polar surface area (TPSA) is 41.6 Å². The van der Waals surface area contributed by atoms with Crippen molar-refractivity contribution in [2.24, 2.45) is 7.05 Å². The second-order valence-electron chi connectivity index (χ2n) is 5.10. The predicted molar refractivity (Wildman–Crippen MR) is 79.5 cm³/mol. The number of fused-ring (bicyclic) bond motifs is 4. The fourth-order valence-corrected chi connectivity index (χ4v) is 2.83. The number of nitriles is 1. The molecule has 100 valence electrons. The third kappa shape index (κ3) is 1.61. The van der Waals surface area contributed by atoms with Gasteiger partial charge in [-0.2, -0.15) is 5.26 Å². The van der Waals surface area contributed by atoms with Crippen molar-refractivity contribution in [1.82, 2.24) is 9.55 Å². The molecule has 0 saturated heterocycles. The molecular formula is C17H10FN3. The van der Waals surface area contributed by atoms with Crippen molar-refractivity contribution in [3.63, 3.8) is 0 Å². The number of rotatable bonds is 0. The Hall–Kier alpha value is -2.93. The maximum absolute atomic E-state index is 13.5. The quantitative estimate of drug-likeness (QED) is 0.489. The van der Waals surface area contributed by atoms with E-state index in [4.69, 9.17) is 5.26 Å². The smallest absolute Gasteiger partial charge is 0.141 e. The predicted octanol–water partition coefficient (Wildman–Crippen LogP) is 3.84. The number of hydrogen-bond acceptors (Lipinski definition) is 2. The molecule has 2 aromatic carbocycles. The van der Waals surface area contributed by atoms with Crippen LogP contribution in [0.1, 0.15) is 5.56 Å². The summed E-state index contributed by atoms with van der Waals surface area (Å²) in [6, 6.07) is 14.2.